The Labute approximate surface area is 206 Å². The predicted molar refractivity (Wildman–Crippen MR) is 140 cm³/mol. The Morgan fingerprint density at radius 3 is 2.03 bits per heavy atom. The summed E-state index contributed by atoms with van der Waals surface area (Å²) in [7, 11) is 1.72. The van der Waals surface area contributed by atoms with E-state index in [2.05, 4.69) is 79.2 Å². The van der Waals surface area contributed by atoms with Crippen LogP contribution in [0.2, 0.25) is 0 Å². The number of nitrogens with zero attached hydrogens (tertiary/aromatic N) is 2. The van der Waals surface area contributed by atoms with Gasteiger partial charge >= 0.3 is 0 Å². The molecular weight excluding hydrogens is 426 g/mol. The van der Waals surface area contributed by atoms with Crippen molar-refractivity contribution < 1.29 is 14.2 Å². The number of hydrogen-bond donors (Lipinski definition) is 1. The molecule has 2 aromatic rings. The Bertz CT molecular complexity index is 864. The molecule has 0 bridgehead atoms. The molecule has 0 aromatic heterocycles. The van der Waals surface area contributed by atoms with Crippen LogP contribution in [-0.4, -0.2) is 75.9 Å². The molecule has 6 heteroatoms. The lowest BCUT2D eigenvalue weighted by molar-refractivity contribution is 0.217. The molecule has 0 saturated carbocycles. The number of likely N-dealkylation sites (N-methyl/N-ethyl adjacent to an activating group) is 2. The van der Waals surface area contributed by atoms with Crippen molar-refractivity contribution in [3.05, 3.63) is 53.1 Å². The molecule has 34 heavy (non-hydrogen) atoms. The molecule has 0 radical (unpaired) electrons. The van der Waals surface area contributed by atoms with Gasteiger partial charge in [0.15, 0.2) is 11.5 Å². The summed E-state index contributed by atoms with van der Waals surface area (Å²) in [6, 6.07) is 13.0. The van der Waals surface area contributed by atoms with E-state index in [1.807, 2.05) is 0 Å². The second-order valence-electron chi connectivity index (χ2n) is 8.66. The molecular formula is C28H43N3O3. The Hall–Kier alpha value is -2.28. The van der Waals surface area contributed by atoms with E-state index >= 15 is 0 Å². The summed E-state index contributed by atoms with van der Waals surface area (Å²) >= 11 is 0. The molecule has 1 heterocycles. The van der Waals surface area contributed by atoms with E-state index in [1.165, 1.54) is 16.7 Å². The van der Waals surface area contributed by atoms with E-state index in [4.69, 9.17) is 14.2 Å². The zero-order valence-electron chi connectivity index (χ0n) is 21.7. The van der Waals surface area contributed by atoms with Gasteiger partial charge in [0.1, 0.15) is 19.0 Å². The third-order valence-corrected chi connectivity index (χ3v) is 6.82. The molecule has 1 unspecified atom stereocenters. The van der Waals surface area contributed by atoms with Crippen LogP contribution in [0.1, 0.15) is 50.4 Å². The van der Waals surface area contributed by atoms with Crippen LogP contribution in [0.5, 0.6) is 17.2 Å². The first kappa shape index (κ1) is 26.3. The molecule has 0 fully saturated rings. The first-order valence-corrected chi connectivity index (χ1v) is 12.9. The second-order valence-corrected chi connectivity index (χ2v) is 8.66. The van der Waals surface area contributed by atoms with Gasteiger partial charge < -0.3 is 29.3 Å². The largest absolute Gasteiger partial charge is 0.493 e. The maximum absolute atomic E-state index is 6.20. The average molecular weight is 470 g/mol. The minimum Gasteiger partial charge on any atom is -0.493 e. The van der Waals surface area contributed by atoms with Crippen LogP contribution in [0.4, 0.5) is 0 Å². The SMILES string of the molecule is CCN(CC)CCOc1ccc(C2NCCc3cc(OC)c(OCCN(CC)CC)cc32)cc1. The lowest BCUT2D eigenvalue weighted by Crippen LogP contribution is -2.31. The second kappa shape index (κ2) is 13.6. The van der Waals surface area contributed by atoms with Gasteiger partial charge in [0.25, 0.3) is 0 Å². The molecule has 6 nitrogen and oxygen atoms in total. The summed E-state index contributed by atoms with van der Waals surface area (Å²) in [5.41, 5.74) is 3.81. The molecule has 1 atom stereocenters. The number of hydrogen-bond acceptors (Lipinski definition) is 6. The summed E-state index contributed by atoms with van der Waals surface area (Å²) in [5, 5.41) is 3.69. The minimum atomic E-state index is 0.129. The van der Waals surface area contributed by atoms with Crippen molar-refractivity contribution in [2.24, 2.45) is 0 Å². The fraction of sp³-hybridized carbons (Fsp3) is 0.571. The summed E-state index contributed by atoms with van der Waals surface area (Å²) in [5.74, 6) is 2.55. The molecule has 0 amide bonds. The van der Waals surface area contributed by atoms with E-state index in [9.17, 15) is 0 Å². The van der Waals surface area contributed by atoms with Gasteiger partial charge in [0.05, 0.1) is 13.2 Å². The molecule has 2 aromatic carbocycles. The summed E-state index contributed by atoms with van der Waals surface area (Å²) in [6.45, 7) is 17.0. The minimum absolute atomic E-state index is 0.129. The van der Waals surface area contributed by atoms with Gasteiger partial charge in [-0.3, -0.25) is 0 Å². The number of benzene rings is 2. The van der Waals surface area contributed by atoms with Crippen molar-refractivity contribution in [2.45, 2.75) is 40.2 Å². The van der Waals surface area contributed by atoms with Crippen molar-refractivity contribution in [2.75, 3.05) is 66.1 Å². The van der Waals surface area contributed by atoms with E-state index in [0.29, 0.717) is 13.2 Å². The Kier molecular flexibility index (Phi) is 10.5. The van der Waals surface area contributed by atoms with Crippen LogP contribution < -0.4 is 19.5 Å². The molecule has 1 aliphatic rings. The van der Waals surface area contributed by atoms with Crippen LogP contribution in [0.25, 0.3) is 0 Å². The van der Waals surface area contributed by atoms with Gasteiger partial charge in [0.2, 0.25) is 0 Å². The normalized spacial score (nSPS) is 15.4. The van der Waals surface area contributed by atoms with Crippen molar-refractivity contribution >= 4 is 0 Å². The van der Waals surface area contributed by atoms with Crippen LogP contribution >= 0.6 is 0 Å². The molecule has 0 aliphatic carbocycles. The van der Waals surface area contributed by atoms with E-state index in [0.717, 1.165) is 69.5 Å². The average Bonchev–Trinajstić information content (AvgIpc) is 2.88. The summed E-state index contributed by atoms with van der Waals surface area (Å²) in [6.07, 6.45) is 0.981. The fourth-order valence-electron chi connectivity index (χ4n) is 4.55. The highest BCUT2D eigenvalue weighted by Gasteiger charge is 2.24. The molecule has 1 aliphatic heterocycles. The van der Waals surface area contributed by atoms with E-state index < -0.39 is 0 Å². The Morgan fingerprint density at radius 2 is 1.44 bits per heavy atom. The third-order valence-electron chi connectivity index (χ3n) is 6.82. The fourth-order valence-corrected chi connectivity index (χ4v) is 4.55. The zero-order valence-corrected chi connectivity index (χ0v) is 21.7. The number of rotatable bonds is 14. The number of fused-ring (bicyclic) bond motifs is 1. The quantitative estimate of drug-likeness (QED) is 0.443. The van der Waals surface area contributed by atoms with Crippen molar-refractivity contribution in [3.63, 3.8) is 0 Å². The highest BCUT2D eigenvalue weighted by Crippen LogP contribution is 2.37. The van der Waals surface area contributed by atoms with E-state index in [-0.39, 0.29) is 6.04 Å². The van der Waals surface area contributed by atoms with Crippen molar-refractivity contribution in [1.29, 1.82) is 0 Å². The molecule has 0 saturated heterocycles. The number of nitrogens with one attached hydrogen (secondary N) is 1. The van der Waals surface area contributed by atoms with Gasteiger partial charge in [-0.25, -0.2) is 0 Å². The van der Waals surface area contributed by atoms with Crippen molar-refractivity contribution in [1.82, 2.24) is 15.1 Å². The van der Waals surface area contributed by atoms with Gasteiger partial charge in [-0.15, -0.1) is 0 Å². The standard InChI is InChI=1S/C28H43N3O3/c1-6-30(7-2)16-18-33-24-12-10-22(11-13-24)28-25-21-27(34-19-17-31(8-3)9-4)26(32-5)20-23(25)14-15-29-28/h10-13,20-21,28-29H,6-9,14-19H2,1-5H3. The monoisotopic (exact) mass is 469 g/mol. The van der Waals surface area contributed by atoms with E-state index in [1.54, 1.807) is 7.11 Å². The lowest BCUT2D eigenvalue weighted by Gasteiger charge is -2.29. The molecule has 3 rings (SSSR count). The first-order chi connectivity index (χ1) is 16.6. The molecule has 1 N–H and O–H groups in total. The highest BCUT2D eigenvalue weighted by molar-refractivity contribution is 5.52. The summed E-state index contributed by atoms with van der Waals surface area (Å²) in [4.78, 5) is 4.73. The smallest absolute Gasteiger partial charge is 0.161 e. The maximum atomic E-state index is 6.20. The van der Waals surface area contributed by atoms with Crippen LogP contribution in [0, 0.1) is 0 Å². The van der Waals surface area contributed by atoms with Gasteiger partial charge in [0, 0.05) is 19.6 Å². The third kappa shape index (κ3) is 6.87. The maximum Gasteiger partial charge on any atom is 0.161 e. The van der Waals surface area contributed by atoms with Crippen LogP contribution in [0.3, 0.4) is 0 Å². The van der Waals surface area contributed by atoms with Crippen molar-refractivity contribution in [3.8, 4) is 17.2 Å². The van der Waals surface area contributed by atoms with Gasteiger partial charge in [-0.1, -0.05) is 39.8 Å². The predicted octanol–water partition coefficient (Wildman–Crippen LogP) is 4.37. The topological polar surface area (TPSA) is 46.2 Å². The zero-order chi connectivity index (χ0) is 24.3. The van der Waals surface area contributed by atoms with Crippen LogP contribution in [0.15, 0.2) is 36.4 Å². The first-order valence-electron chi connectivity index (χ1n) is 12.9. The number of ether oxygens (including phenoxy) is 3. The molecule has 188 valence electrons. The van der Waals surface area contributed by atoms with Crippen LogP contribution in [-0.2, 0) is 6.42 Å². The molecule has 0 spiro atoms. The Morgan fingerprint density at radius 1 is 0.824 bits per heavy atom. The summed E-state index contributed by atoms with van der Waals surface area (Å²) < 4.78 is 17.8. The number of methoxy groups -OCH3 is 1. The Balaban J connectivity index is 1.71. The van der Waals surface area contributed by atoms with Gasteiger partial charge in [-0.05, 0) is 73.6 Å². The van der Waals surface area contributed by atoms with Gasteiger partial charge in [-0.2, -0.15) is 0 Å². The highest BCUT2D eigenvalue weighted by atomic mass is 16.5. The lowest BCUT2D eigenvalue weighted by atomic mass is 9.89.